The molecule has 6 nitrogen and oxygen atoms in total. The van der Waals surface area contributed by atoms with Gasteiger partial charge in [-0.05, 0) is 6.92 Å². The zero-order chi connectivity index (χ0) is 12.7. The minimum absolute atomic E-state index is 0.199. The van der Waals surface area contributed by atoms with Gasteiger partial charge in [0.25, 0.3) is 0 Å². The van der Waals surface area contributed by atoms with Gasteiger partial charge in [0.2, 0.25) is 0 Å². The first-order valence-corrected chi connectivity index (χ1v) is 6.06. The molecule has 0 aliphatic rings. The number of rotatable bonds is 6. The van der Waals surface area contributed by atoms with Crippen LogP contribution in [0, 0.1) is 0 Å². The van der Waals surface area contributed by atoms with Crippen molar-refractivity contribution in [1.82, 2.24) is 9.97 Å². The molecule has 0 aliphatic carbocycles. The fraction of sp³-hybridized carbons (Fsp3) is 0.500. The number of thioether (sulfide) groups is 1. The number of ether oxygens (including phenoxy) is 2. The van der Waals surface area contributed by atoms with Crippen LogP contribution in [0.15, 0.2) is 11.4 Å². The van der Waals surface area contributed by atoms with Gasteiger partial charge < -0.3 is 14.8 Å². The number of carbonyl (C=O) groups is 1. The van der Waals surface area contributed by atoms with Crippen LogP contribution in [-0.2, 0) is 9.53 Å². The first-order chi connectivity index (χ1) is 8.22. The van der Waals surface area contributed by atoms with E-state index in [0.717, 1.165) is 0 Å². The van der Waals surface area contributed by atoms with E-state index in [9.17, 15) is 4.79 Å². The van der Waals surface area contributed by atoms with E-state index in [4.69, 9.17) is 9.47 Å². The van der Waals surface area contributed by atoms with Gasteiger partial charge in [0.15, 0.2) is 11.6 Å². The van der Waals surface area contributed by atoms with E-state index in [1.807, 2.05) is 0 Å². The third-order valence-electron chi connectivity index (χ3n) is 1.84. The van der Waals surface area contributed by atoms with Crippen LogP contribution in [0.3, 0.4) is 0 Å². The summed E-state index contributed by atoms with van der Waals surface area (Å²) in [4.78, 5) is 19.3. The molecular formula is C10H15N3O3S. The lowest BCUT2D eigenvalue weighted by molar-refractivity contribution is -0.139. The van der Waals surface area contributed by atoms with Crippen LogP contribution in [0.2, 0.25) is 0 Å². The largest absolute Gasteiger partial charge is 0.490 e. The SMILES string of the molecule is CCOC(=O)CSc1ncnc(NC)c1OC. The molecule has 0 amide bonds. The highest BCUT2D eigenvalue weighted by atomic mass is 32.2. The van der Waals surface area contributed by atoms with Crippen LogP contribution >= 0.6 is 11.8 Å². The van der Waals surface area contributed by atoms with Crippen molar-refractivity contribution < 1.29 is 14.3 Å². The zero-order valence-corrected chi connectivity index (χ0v) is 10.8. The van der Waals surface area contributed by atoms with Crippen molar-refractivity contribution >= 4 is 23.5 Å². The number of nitrogens with one attached hydrogen (secondary N) is 1. The van der Waals surface area contributed by atoms with Gasteiger partial charge in [0.1, 0.15) is 11.4 Å². The quantitative estimate of drug-likeness (QED) is 0.466. The normalized spacial score (nSPS) is 9.82. The van der Waals surface area contributed by atoms with E-state index in [1.165, 1.54) is 25.2 Å². The van der Waals surface area contributed by atoms with Crippen molar-refractivity contribution in [2.45, 2.75) is 11.9 Å². The van der Waals surface area contributed by atoms with E-state index in [0.29, 0.717) is 23.2 Å². The summed E-state index contributed by atoms with van der Waals surface area (Å²) in [5, 5.41) is 3.51. The predicted octanol–water partition coefficient (Wildman–Crippen LogP) is 1.18. The lowest BCUT2D eigenvalue weighted by Gasteiger charge is -2.10. The second-order valence-corrected chi connectivity index (χ2v) is 3.87. The van der Waals surface area contributed by atoms with Crippen LogP contribution in [0.1, 0.15) is 6.92 Å². The van der Waals surface area contributed by atoms with Gasteiger partial charge in [-0.2, -0.15) is 0 Å². The standard InChI is InChI=1S/C10H15N3O3S/c1-4-16-7(14)5-17-10-8(15-3)9(11-2)12-6-13-10/h6H,4-5H2,1-3H3,(H,11,12,13). The van der Waals surface area contributed by atoms with Crippen LogP contribution in [0.25, 0.3) is 0 Å². The third kappa shape index (κ3) is 3.77. The number of anilines is 1. The topological polar surface area (TPSA) is 73.3 Å². The van der Waals surface area contributed by atoms with Gasteiger partial charge in [-0.25, -0.2) is 9.97 Å². The minimum Gasteiger partial charge on any atom is -0.490 e. The minimum atomic E-state index is -0.274. The van der Waals surface area contributed by atoms with Crippen molar-refractivity contribution in [3.8, 4) is 5.75 Å². The Morgan fingerprint density at radius 2 is 2.29 bits per heavy atom. The summed E-state index contributed by atoms with van der Waals surface area (Å²) in [6.07, 6.45) is 1.42. The highest BCUT2D eigenvalue weighted by Crippen LogP contribution is 2.31. The van der Waals surface area contributed by atoms with E-state index in [-0.39, 0.29) is 11.7 Å². The second kappa shape index (κ2) is 6.95. The molecule has 0 spiro atoms. The fourth-order valence-corrected chi connectivity index (χ4v) is 1.92. The van der Waals surface area contributed by atoms with Crippen molar-refractivity contribution in [2.75, 3.05) is 31.8 Å². The average Bonchev–Trinajstić information content (AvgIpc) is 2.36. The van der Waals surface area contributed by atoms with Gasteiger partial charge in [-0.3, -0.25) is 4.79 Å². The number of esters is 1. The molecule has 0 saturated carbocycles. The number of methoxy groups -OCH3 is 1. The maximum atomic E-state index is 11.2. The Kier molecular flexibility index (Phi) is 5.55. The molecule has 0 bridgehead atoms. The van der Waals surface area contributed by atoms with Gasteiger partial charge in [-0.15, -0.1) is 0 Å². The lowest BCUT2D eigenvalue weighted by Crippen LogP contribution is -2.07. The molecule has 0 atom stereocenters. The number of hydrogen-bond donors (Lipinski definition) is 1. The summed E-state index contributed by atoms with van der Waals surface area (Å²) in [6.45, 7) is 2.15. The summed E-state index contributed by atoms with van der Waals surface area (Å²) >= 11 is 1.26. The van der Waals surface area contributed by atoms with Crippen LogP contribution in [0.4, 0.5) is 5.82 Å². The van der Waals surface area contributed by atoms with Gasteiger partial charge in [-0.1, -0.05) is 11.8 Å². The summed E-state index contributed by atoms with van der Waals surface area (Å²) < 4.78 is 10.0. The zero-order valence-electron chi connectivity index (χ0n) is 10.0. The maximum absolute atomic E-state index is 11.2. The molecule has 0 unspecified atom stereocenters. The molecule has 7 heteroatoms. The van der Waals surface area contributed by atoms with Crippen LogP contribution in [-0.4, -0.2) is 42.5 Å². The smallest absolute Gasteiger partial charge is 0.316 e. The predicted molar refractivity (Wildman–Crippen MR) is 65.5 cm³/mol. The Balaban J connectivity index is 2.73. The van der Waals surface area contributed by atoms with Crippen LogP contribution in [0.5, 0.6) is 5.75 Å². The second-order valence-electron chi connectivity index (χ2n) is 2.90. The van der Waals surface area contributed by atoms with E-state index >= 15 is 0 Å². The summed E-state index contributed by atoms with van der Waals surface area (Å²) in [5.74, 6) is 1.05. The number of aromatic nitrogens is 2. The molecule has 0 fully saturated rings. The summed E-state index contributed by atoms with van der Waals surface area (Å²) in [7, 11) is 3.28. The van der Waals surface area contributed by atoms with Crippen molar-refractivity contribution in [3.05, 3.63) is 6.33 Å². The molecule has 1 rings (SSSR count). The highest BCUT2D eigenvalue weighted by molar-refractivity contribution is 8.00. The molecule has 0 radical (unpaired) electrons. The third-order valence-corrected chi connectivity index (χ3v) is 2.79. The number of carbonyl (C=O) groups excluding carboxylic acids is 1. The van der Waals surface area contributed by atoms with Crippen molar-refractivity contribution in [2.24, 2.45) is 0 Å². The fourth-order valence-electron chi connectivity index (χ4n) is 1.15. The molecule has 1 N–H and O–H groups in total. The Morgan fingerprint density at radius 3 is 2.88 bits per heavy atom. The Labute approximate surface area is 104 Å². The summed E-state index contributed by atoms with van der Waals surface area (Å²) in [5.41, 5.74) is 0. The number of nitrogens with zero attached hydrogens (tertiary/aromatic N) is 2. The van der Waals surface area contributed by atoms with Crippen LogP contribution < -0.4 is 10.1 Å². The maximum Gasteiger partial charge on any atom is 0.316 e. The molecule has 0 saturated heterocycles. The van der Waals surface area contributed by atoms with Gasteiger partial charge in [0.05, 0.1) is 19.5 Å². The van der Waals surface area contributed by atoms with E-state index in [1.54, 1.807) is 14.0 Å². The van der Waals surface area contributed by atoms with Gasteiger partial charge in [0, 0.05) is 7.05 Å². The Morgan fingerprint density at radius 1 is 1.53 bits per heavy atom. The van der Waals surface area contributed by atoms with Gasteiger partial charge >= 0.3 is 5.97 Å². The summed E-state index contributed by atoms with van der Waals surface area (Å²) in [6, 6.07) is 0. The van der Waals surface area contributed by atoms with E-state index in [2.05, 4.69) is 15.3 Å². The Hall–Kier alpha value is -1.50. The molecule has 94 valence electrons. The highest BCUT2D eigenvalue weighted by Gasteiger charge is 2.13. The first kappa shape index (κ1) is 13.6. The Bertz CT molecular complexity index is 387. The molecule has 1 heterocycles. The van der Waals surface area contributed by atoms with E-state index < -0.39 is 0 Å². The molecule has 0 aromatic carbocycles. The molecular weight excluding hydrogens is 242 g/mol. The van der Waals surface area contributed by atoms with Crippen molar-refractivity contribution in [3.63, 3.8) is 0 Å². The number of hydrogen-bond acceptors (Lipinski definition) is 7. The van der Waals surface area contributed by atoms with Crippen molar-refractivity contribution in [1.29, 1.82) is 0 Å². The molecule has 17 heavy (non-hydrogen) atoms. The monoisotopic (exact) mass is 257 g/mol. The molecule has 1 aromatic rings. The molecule has 0 aliphatic heterocycles. The average molecular weight is 257 g/mol. The lowest BCUT2D eigenvalue weighted by atomic mass is 10.5. The first-order valence-electron chi connectivity index (χ1n) is 5.08. The molecule has 1 aromatic heterocycles.